The van der Waals surface area contributed by atoms with E-state index in [0.717, 1.165) is 17.0 Å². The number of imide groups is 1. The van der Waals surface area contributed by atoms with Crippen molar-refractivity contribution in [2.45, 2.75) is 0 Å². The van der Waals surface area contributed by atoms with Crippen LogP contribution in [0.4, 0.5) is 10.1 Å². The first-order chi connectivity index (χ1) is 9.97. The number of nitrogens with zero attached hydrogens (tertiary/aromatic N) is 2. The van der Waals surface area contributed by atoms with Gasteiger partial charge in [0.1, 0.15) is 17.6 Å². The van der Waals surface area contributed by atoms with Crippen LogP contribution >= 0.6 is 15.9 Å². The van der Waals surface area contributed by atoms with Gasteiger partial charge in [0, 0.05) is 6.08 Å². The number of halogens is 2. The molecule has 8 heteroatoms. The molecule has 2 amide bonds. The molecular formula is C13H9BrFN3O3. The summed E-state index contributed by atoms with van der Waals surface area (Å²) in [6.45, 7) is -0.478. The molecule has 1 aliphatic rings. The predicted molar refractivity (Wildman–Crippen MR) is 74.3 cm³/mol. The first-order valence-corrected chi connectivity index (χ1v) is 6.61. The SMILES string of the molecule is N#Cc1cc(Br)c(F)cc1NC1=CC(=O)N(CCO)C1=O. The zero-order valence-corrected chi connectivity index (χ0v) is 12.1. The minimum atomic E-state index is -0.638. The Morgan fingerprint density at radius 3 is 2.76 bits per heavy atom. The van der Waals surface area contributed by atoms with Gasteiger partial charge in [0.15, 0.2) is 0 Å². The summed E-state index contributed by atoms with van der Waals surface area (Å²) in [5.74, 6) is -1.82. The molecule has 0 aliphatic carbocycles. The number of anilines is 1. The molecule has 2 rings (SSSR count). The molecule has 2 N–H and O–H groups in total. The minimum absolute atomic E-state index is 0.0772. The molecule has 0 spiro atoms. The van der Waals surface area contributed by atoms with E-state index in [4.69, 9.17) is 10.4 Å². The average Bonchev–Trinajstić information content (AvgIpc) is 2.70. The molecule has 0 aromatic heterocycles. The second-order valence-electron chi connectivity index (χ2n) is 4.13. The van der Waals surface area contributed by atoms with Crippen LogP contribution in [0, 0.1) is 17.1 Å². The van der Waals surface area contributed by atoms with Gasteiger partial charge >= 0.3 is 0 Å². The molecule has 0 atom stereocenters. The number of amides is 2. The Labute approximate surface area is 127 Å². The summed E-state index contributed by atoms with van der Waals surface area (Å²) in [7, 11) is 0. The first kappa shape index (κ1) is 15.2. The zero-order chi connectivity index (χ0) is 15.6. The van der Waals surface area contributed by atoms with Gasteiger partial charge in [-0.1, -0.05) is 0 Å². The lowest BCUT2D eigenvalue weighted by Gasteiger charge is -2.14. The molecule has 1 aromatic rings. The Kier molecular flexibility index (Phi) is 4.35. The lowest BCUT2D eigenvalue weighted by Crippen LogP contribution is -2.34. The summed E-state index contributed by atoms with van der Waals surface area (Å²) >= 11 is 2.96. The van der Waals surface area contributed by atoms with E-state index in [0.29, 0.717) is 0 Å². The molecule has 6 nitrogen and oxygen atoms in total. The molecule has 0 saturated carbocycles. The predicted octanol–water partition coefficient (Wildman–Crippen LogP) is 1.12. The molecule has 0 saturated heterocycles. The minimum Gasteiger partial charge on any atom is -0.395 e. The van der Waals surface area contributed by atoms with Crippen LogP contribution in [-0.2, 0) is 9.59 Å². The molecular weight excluding hydrogens is 345 g/mol. The maximum atomic E-state index is 13.5. The summed E-state index contributed by atoms with van der Waals surface area (Å²) in [6, 6.07) is 4.18. The van der Waals surface area contributed by atoms with Gasteiger partial charge in [-0.3, -0.25) is 14.5 Å². The highest BCUT2D eigenvalue weighted by Crippen LogP contribution is 2.26. The summed E-state index contributed by atoms with van der Waals surface area (Å²) in [6.07, 6.45) is 1.04. The fourth-order valence-corrected chi connectivity index (χ4v) is 2.14. The summed E-state index contributed by atoms with van der Waals surface area (Å²) in [5.41, 5.74) is 0.119. The van der Waals surface area contributed by atoms with Gasteiger partial charge in [-0.2, -0.15) is 5.26 Å². The third-order valence-corrected chi connectivity index (χ3v) is 3.39. The summed E-state index contributed by atoms with van der Waals surface area (Å²) in [5, 5.41) is 20.4. The highest BCUT2D eigenvalue weighted by atomic mass is 79.9. The number of carbonyl (C=O) groups excluding carboxylic acids is 2. The third kappa shape index (κ3) is 2.94. The van der Waals surface area contributed by atoms with Crippen LogP contribution in [0.1, 0.15) is 5.56 Å². The van der Waals surface area contributed by atoms with Gasteiger partial charge in [-0.15, -0.1) is 0 Å². The van der Waals surface area contributed by atoms with Crippen molar-refractivity contribution >= 4 is 33.4 Å². The fraction of sp³-hybridized carbons (Fsp3) is 0.154. The number of nitrogens with one attached hydrogen (secondary N) is 1. The van der Waals surface area contributed by atoms with Crippen molar-refractivity contribution in [2.75, 3.05) is 18.5 Å². The Balaban J connectivity index is 2.30. The Bertz CT molecular complexity index is 697. The standard InChI is InChI=1S/C13H9BrFN3O3/c14-8-3-7(6-16)10(4-9(8)15)17-11-5-12(20)18(1-2-19)13(11)21/h3-5,17,19H,1-2H2. The highest BCUT2D eigenvalue weighted by Gasteiger charge is 2.31. The average molecular weight is 354 g/mol. The van der Waals surface area contributed by atoms with Crippen molar-refractivity contribution < 1.29 is 19.1 Å². The van der Waals surface area contributed by atoms with Gasteiger partial charge in [-0.25, -0.2) is 4.39 Å². The van der Waals surface area contributed by atoms with Crippen LogP contribution in [0.5, 0.6) is 0 Å². The van der Waals surface area contributed by atoms with Crippen molar-refractivity contribution in [2.24, 2.45) is 0 Å². The second kappa shape index (κ2) is 6.03. The molecule has 108 valence electrons. The second-order valence-corrected chi connectivity index (χ2v) is 4.98. The van der Waals surface area contributed by atoms with Gasteiger partial charge in [-0.05, 0) is 28.1 Å². The molecule has 0 unspecified atom stereocenters. The smallest absolute Gasteiger partial charge is 0.277 e. The van der Waals surface area contributed by atoms with E-state index in [9.17, 15) is 14.0 Å². The number of hydrogen-bond acceptors (Lipinski definition) is 5. The lowest BCUT2D eigenvalue weighted by molar-refractivity contribution is -0.137. The Morgan fingerprint density at radius 2 is 2.14 bits per heavy atom. The number of β-amino-alcohol motifs (C(OH)–C–C–N with tert-alkyl or cyclic N) is 1. The van der Waals surface area contributed by atoms with E-state index in [1.54, 1.807) is 0 Å². The molecule has 0 radical (unpaired) electrons. The van der Waals surface area contributed by atoms with Gasteiger partial charge in [0.2, 0.25) is 0 Å². The number of carbonyl (C=O) groups is 2. The van der Waals surface area contributed by atoms with E-state index in [1.165, 1.54) is 6.07 Å². The van der Waals surface area contributed by atoms with Crippen LogP contribution < -0.4 is 5.32 Å². The topological polar surface area (TPSA) is 93.4 Å². The molecule has 1 aliphatic heterocycles. The third-order valence-electron chi connectivity index (χ3n) is 2.78. The fourth-order valence-electron chi connectivity index (χ4n) is 1.80. The summed E-state index contributed by atoms with van der Waals surface area (Å²) < 4.78 is 13.6. The number of aliphatic hydroxyl groups is 1. The van der Waals surface area contributed by atoms with Crippen LogP contribution in [0.15, 0.2) is 28.4 Å². The van der Waals surface area contributed by atoms with Crippen molar-refractivity contribution in [1.29, 1.82) is 5.26 Å². The number of hydrogen-bond donors (Lipinski definition) is 2. The monoisotopic (exact) mass is 353 g/mol. The Hall–Kier alpha value is -2.24. The van der Waals surface area contributed by atoms with Crippen molar-refractivity contribution in [3.8, 4) is 6.07 Å². The number of nitriles is 1. The summed E-state index contributed by atoms with van der Waals surface area (Å²) in [4.78, 5) is 24.4. The van der Waals surface area contributed by atoms with Gasteiger partial charge < -0.3 is 10.4 Å². The Morgan fingerprint density at radius 1 is 1.43 bits per heavy atom. The van der Waals surface area contributed by atoms with Crippen molar-refractivity contribution in [3.05, 3.63) is 39.8 Å². The van der Waals surface area contributed by atoms with E-state index >= 15 is 0 Å². The molecule has 0 fully saturated rings. The molecule has 21 heavy (non-hydrogen) atoms. The number of aliphatic hydroxyl groups excluding tert-OH is 1. The maximum Gasteiger partial charge on any atom is 0.277 e. The number of rotatable bonds is 4. The largest absolute Gasteiger partial charge is 0.395 e. The molecule has 1 heterocycles. The zero-order valence-electron chi connectivity index (χ0n) is 10.6. The van der Waals surface area contributed by atoms with Crippen molar-refractivity contribution in [1.82, 2.24) is 4.90 Å². The van der Waals surface area contributed by atoms with Crippen LogP contribution in [0.25, 0.3) is 0 Å². The molecule has 0 bridgehead atoms. The van der Waals surface area contributed by atoms with E-state index in [2.05, 4.69) is 21.2 Å². The molecule has 1 aromatic carbocycles. The van der Waals surface area contributed by atoms with Crippen LogP contribution in [0.3, 0.4) is 0 Å². The van der Waals surface area contributed by atoms with Crippen LogP contribution in [0.2, 0.25) is 0 Å². The van der Waals surface area contributed by atoms with E-state index < -0.39 is 17.6 Å². The normalized spacial score (nSPS) is 14.2. The highest BCUT2D eigenvalue weighted by molar-refractivity contribution is 9.10. The van der Waals surface area contributed by atoms with Crippen LogP contribution in [-0.4, -0.2) is 35.0 Å². The first-order valence-electron chi connectivity index (χ1n) is 5.82. The number of benzene rings is 1. The quantitative estimate of drug-likeness (QED) is 0.791. The maximum absolute atomic E-state index is 13.5. The van der Waals surface area contributed by atoms with Gasteiger partial charge in [0.05, 0.1) is 28.9 Å². The van der Waals surface area contributed by atoms with Gasteiger partial charge in [0.25, 0.3) is 11.8 Å². The van der Waals surface area contributed by atoms with Crippen molar-refractivity contribution in [3.63, 3.8) is 0 Å². The van der Waals surface area contributed by atoms with E-state index in [-0.39, 0.29) is 34.6 Å². The lowest BCUT2D eigenvalue weighted by atomic mass is 10.2. The van der Waals surface area contributed by atoms with E-state index in [1.807, 2.05) is 6.07 Å².